The molecule has 4 aliphatic heterocycles. The van der Waals surface area contributed by atoms with E-state index >= 15 is 0 Å². The Kier molecular flexibility index (Phi) is 5.30. The zero-order valence-corrected chi connectivity index (χ0v) is 24.6. The Labute approximate surface area is 255 Å². The average Bonchev–Trinajstić information content (AvgIpc) is 3.70. The van der Waals surface area contributed by atoms with Gasteiger partial charge in [0.2, 0.25) is 0 Å². The Morgan fingerprint density at radius 2 is 0.558 bits per heavy atom. The Balaban J connectivity index is 1.09. The molecule has 4 nitrogen and oxygen atoms in total. The smallest absolute Gasteiger partial charge is 0.0577 e. The van der Waals surface area contributed by atoms with Crippen molar-refractivity contribution >= 4 is 22.7 Å². The largest absolute Gasteiger partial charge is 0.282 e. The highest BCUT2D eigenvalue weighted by atomic mass is 15.7. The number of hydrogen-bond acceptors (Lipinski definition) is 4. The van der Waals surface area contributed by atoms with Gasteiger partial charge in [0.1, 0.15) is 0 Å². The van der Waals surface area contributed by atoms with Gasteiger partial charge >= 0.3 is 0 Å². The lowest BCUT2D eigenvalue weighted by Gasteiger charge is -2.69. The third kappa shape index (κ3) is 3.33. The monoisotopic (exact) mass is 564 g/mol. The van der Waals surface area contributed by atoms with Crippen LogP contribution in [0, 0.1) is 35.5 Å². The summed E-state index contributed by atoms with van der Waals surface area (Å²) in [6.07, 6.45) is 6.70. The highest BCUT2D eigenvalue weighted by molar-refractivity contribution is 5.64. The zero-order chi connectivity index (χ0) is 28.1. The summed E-state index contributed by atoms with van der Waals surface area (Å²) in [5.41, 5.74) is 5.46. The fraction of sp³-hybridized carbons (Fsp3) is 0.385. The van der Waals surface area contributed by atoms with Gasteiger partial charge < -0.3 is 0 Å². The molecular formula is C39H40N4. The van der Waals surface area contributed by atoms with Crippen LogP contribution in [0.3, 0.4) is 0 Å². The van der Waals surface area contributed by atoms with E-state index in [1.165, 1.54) is 54.9 Å². The number of para-hydroxylation sites is 4. The van der Waals surface area contributed by atoms with Crippen LogP contribution >= 0.6 is 0 Å². The molecule has 8 fully saturated rings. The topological polar surface area (TPSA) is 13.0 Å². The van der Waals surface area contributed by atoms with Gasteiger partial charge in [-0.25, -0.2) is 0 Å². The molecule has 8 aliphatic rings. The van der Waals surface area contributed by atoms with Crippen molar-refractivity contribution in [1.29, 1.82) is 0 Å². The van der Waals surface area contributed by atoms with Crippen molar-refractivity contribution < 1.29 is 0 Å². The molecule has 216 valence electrons. The summed E-state index contributed by atoms with van der Waals surface area (Å²) >= 11 is 0. The summed E-state index contributed by atoms with van der Waals surface area (Å²) in [5.74, 6) is 4.77. The van der Waals surface area contributed by atoms with E-state index in [4.69, 9.17) is 0 Å². The molecule has 6 bridgehead atoms. The fourth-order valence-electron chi connectivity index (χ4n) is 11.6. The molecule has 43 heavy (non-hydrogen) atoms. The summed E-state index contributed by atoms with van der Waals surface area (Å²) in [6.45, 7) is 0. The van der Waals surface area contributed by atoms with E-state index in [1.807, 2.05) is 0 Å². The van der Waals surface area contributed by atoms with Gasteiger partial charge in [-0.1, -0.05) is 72.8 Å². The first-order valence-corrected chi connectivity index (χ1v) is 16.8. The first kappa shape index (κ1) is 24.5. The molecule has 4 heteroatoms. The van der Waals surface area contributed by atoms with Crippen molar-refractivity contribution in [3.05, 3.63) is 121 Å². The average molecular weight is 565 g/mol. The molecule has 4 saturated carbocycles. The summed E-state index contributed by atoms with van der Waals surface area (Å²) in [7, 11) is 0. The van der Waals surface area contributed by atoms with Crippen LogP contribution in [0.15, 0.2) is 121 Å². The Bertz CT molecular complexity index is 1360. The molecule has 12 rings (SSSR count). The SMILES string of the molecule is c1ccc(N2[C@@H]3CC[C@@H]([C@H]4C5CC([C@H]43)[C@H]3[C@@H]5[C@H]4CC[C@@H]3N(c3ccccc3)N4c3ccccc3)N2c2ccccc2)cc1. The lowest BCUT2D eigenvalue weighted by molar-refractivity contribution is -0.0410. The second-order valence-electron chi connectivity index (χ2n) is 14.0. The van der Waals surface area contributed by atoms with E-state index < -0.39 is 0 Å². The number of benzene rings is 4. The first-order chi connectivity index (χ1) is 21.4. The van der Waals surface area contributed by atoms with Crippen LogP contribution in [0.4, 0.5) is 22.7 Å². The fourth-order valence-corrected chi connectivity index (χ4v) is 11.6. The van der Waals surface area contributed by atoms with Crippen molar-refractivity contribution in [2.45, 2.75) is 56.3 Å². The second-order valence-corrected chi connectivity index (χ2v) is 14.0. The van der Waals surface area contributed by atoms with E-state index in [0.717, 1.165) is 35.5 Å². The number of nitrogens with zero attached hydrogens (tertiary/aromatic N) is 4. The van der Waals surface area contributed by atoms with Gasteiger partial charge in [0, 0.05) is 0 Å². The van der Waals surface area contributed by atoms with Gasteiger partial charge in [0.25, 0.3) is 0 Å². The maximum atomic E-state index is 2.76. The molecule has 4 aromatic rings. The van der Waals surface area contributed by atoms with Crippen molar-refractivity contribution in [2.75, 3.05) is 20.0 Å². The van der Waals surface area contributed by atoms with Crippen LogP contribution in [0.2, 0.25) is 0 Å². The summed E-state index contributed by atoms with van der Waals surface area (Å²) < 4.78 is 0. The minimum absolute atomic E-state index is 0.574. The number of hydrogen-bond donors (Lipinski definition) is 0. The van der Waals surface area contributed by atoms with Gasteiger partial charge in [-0.15, -0.1) is 0 Å². The maximum Gasteiger partial charge on any atom is 0.0577 e. The number of fused-ring (bicyclic) bond motifs is 6. The van der Waals surface area contributed by atoms with Crippen LogP contribution in [-0.2, 0) is 0 Å². The minimum atomic E-state index is 0.574. The van der Waals surface area contributed by atoms with Crippen LogP contribution < -0.4 is 20.0 Å². The summed E-state index contributed by atoms with van der Waals surface area (Å²) in [5, 5.41) is 11.0. The predicted octanol–water partition coefficient (Wildman–Crippen LogP) is 8.05. The standard InChI is InChI=1S/C39H40N4/c1-5-13-26(14-6-1)40-32-21-22-33(41(40)27-15-7-2-8-16-27)37-31-25-30(36(32)37)38-34-23-24-35(39(31)38)43(29-19-11-4-12-20-29)42(34)28-17-9-3-10-18-28/h1-20,30-39H,21-25H2/t30?,31?,32-,33+,34+,35-,36+,37-,38-,39+. The highest BCUT2D eigenvalue weighted by Crippen LogP contribution is 2.70. The Morgan fingerprint density at radius 3 is 0.791 bits per heavy atom. The first-order valence-electron chi connectivity index (χ1n) is 16.8. The van der Waals surface area contributed by atoms with Gasteiger partial charge in [-0.05, 0) is 116 Å². The zero-order valence-electron chi connectivity index (χ0n) is 24.6. The molecule has 0 N–H and O–H groups in total. The molecule has 4 saturated heterocycles. The molecule has 0 radical (unpaired) electrons. The highest BCUT2D eigenvalue weighted by Gasteiger charge is 2.72. The molecule has 4 heterocycles. The summed E-state index contributed by atoms with van der Waals surface area (Å²) in [4.78, 5) is 0. The van der Waals surface area contributed by atoms with Crippen LogP contribution in [-0.4, -0.2) is 24.2 Å². The number of hydrazine groups is 2. The number of rotatable bonds is 4. The minimum Gasteiger partial charge on any atom is -0.282 e. The second kappa shape index (κ2) is 9.29. The van der Waals surface area contributed by atoms with E-state index in [2.05, 4.69) is 141 Å². The maximum absolute atomic E-state index is 2.76. The van der Waals surface area contributed by atoms with Crippen LogP contribution in [0.25, 0.3) is 0 Å². The van der Waals surface area contributed by atoms with Gasteiger partial charge in [0.05, 0.1) is 46.9 Å². The molecule has 4 aromatic carbocycles. The quantitative estimate of drug-likeness (QED) is 0.249. The Morgan fingerprint density at radius 1 is 0.326 bits per heavy atom. The van der Waals surface area contributed by atoms with E-state index in [0.29, 0.717) is 24.2 Å². The predicted molar refractivity (Wildman–Crippen MR) is 175 cm³/mol. The van der Waals surface area contributed by atoms with Gasteiger partial charge in [-0.2, -0.15) is 0 Å². The third-order valence-corrected chi connectivity index (χ3v) is 12.5. The van der Waals surface area contributed by atoms with Crippen molar-refractivity contribution in [2.24, 2.45) is 35.5 Å². The molecule has 10 atom stereocenters. The molecule has 2 unspecified atom stereocenters. The molecule has 0 aromatic heterocycles. The van der Waals surface area contributed by atoms with Crippen molar-refractivity contribution in [3.63, 3.8) is 0 Å². The molecule has 0 amide bonds. The van der Waals surface area contributed by atoms with E-state index in [-0.39, 0.29) is 0 Å². The lowest BCUT2D eigenvalue weighted by atomic mass is 9.53. The van der Waals surface area contributed by atoms with Gasteiger partial charge in [-0.3, -0.25) is 20.0 Å². The van der Waals surface area contributed by atoms with Crippen LogP contribution in [0.5, 0.6) is 0 Å². The van der Waals surface area contributed by atoms with Crippen LogP contribution in [0.1, 0.15) is 32.1 Å². The molecule has 4 aliphatic carbocycles. The molecule has 0 spiro atoms. The third-order valence-electron chi connectivity index (χ3n) is 12.5. The Hall–Kier alpha value is -3.92. The number of anilines is 4. The van der Waals surface area contributed by atoms with E-state index in [1.54, 1.807) is 0 Å². The van der Waals surface area contributed by atoms with E-state index in [9.17, 15) is 0 Å². The van der Waals surface area contributed by atoms with Crippen molar-refractivity contribution in [3.8, 4) is 0 Å². The van der Waals surface area contributed by atoms with Crippen molar-refractivity contribution in [1.82, 2.24) is 0 Å². The van der Waals surface area contributed by atoms with Gasteiger partial charge in [0.15, 0.2) is 0 Å². The lowest BCUT2D eigenvalue weighted by Crippen LogP contribution is -2.76. The molecular weight excluding hydrogens is 524 g/mol. The normalized spacial score (nSPS) is 36.7. The summed E-state index contributed by atoms with van der Waals surface area (Å²) in [6, 6.07) is 47.5.